The molecule has 182 valence electrons. The zero-order chi connectivity index (χ0) is 25.5. The third-order valence-electron chi connectivity index (χ3n) is 4.93. The molecule has 0 radical (unpaired) electrons. The van der Waals surface area contributed by atoms with Crippen LogP contribution in [0.2, 0.25) is 0 Å². The lowest BCUT2D eigenvalue weighted by molar-refractivity contribution is -0.385. The number of amides is 2. The molecular formula is C23H23FN6O4S. The van der Waals surface area contributed by atoms with E-state index in [1.165, 1.54) is 24.3 Å². The van der Waals surface area contributed by atoms with Crippen molar-refractivity contribution < 1.29 is 18.9 Å². The molecule has 2 amide bonds. The van der Waals surface area contributed by atoms with Crippen LogP contribution in [0.3, 0.4) is 0 Å². The number of hydrogen-bond acceptors (Lipinski definition) is 7. The topological polar surface area (TPSA) is 132 Å². The van der Waals surface area contributed by atoms with Gasteiger partial charge in [-0.2, -0.15) is 0 Å². The molecule has 1 heterocycles. The first-order valence-corrected chi connectivity index (χ1v) is 11.5. The van der Waals surface area contributed by atoms with Gasteiger partial charge >= 0.3 is 0 Å². The van der Waals surface area contributed by atoms with Crippen LogP contribution in [-0.4, -0.2) is 37.3 Å². The molecule has 1 unspecified atom stereocenters. The van der Waals surface area contributed by atoms with Crippen molar-refractivity contribution in [3.8, 4) is 0 Å². The van der Waals surface area contributed by atoms with E-state index in [1.54, 1.807) is 42.7 Å². The Hall–Kier alpha value is -4.06. The molecule has 0 spiro atoms. The first kappa shape index (κ1) is 25.6. The summed E-state index contributed by atoms with van der Waals surface area (Å²) < 4.78 is 15.6. The van der Waals surface area contributed by atoms with Gasteiger partial charge < -0.3 is 15.2 Å². The molecule has 3 rings (SSSR count). The van der Waals surface area contributed by atoms with Gasteiger partial charge in [-0.3, -0.25) is 19.7 Å². The Kier molecular flexibility index (Phi) is 8.31. The number of nitro benzene ring substituents is 1. The normalized spacial score (nSPS) is 11.5. The number of aryl methyl sites for hydroxylation is 1. The molecule has 3 aromatic rings. The third-order valence-corrected chi connectivity index (χ3v) is 5.90. The minimum Gasteiger partial charge on any atom is -0.342 e. The van der Waals surface area contributed by atoms with E-state index in [0.717, 1.165) is 11.8 Å². The Morgan fingerprint density at radius 1 is 1.29 bits per heavy atom. The van der Waals surface area contributed by atoms with Crippen molar-refractivity contribution in [2.75, 3.05) is 11.1 Å². The maximum atomic E-state index is 13.9. The van der Waals surface area contributed by atoms with Gasteiger partial charge in [-0.05, 0) is 32.0 Å². The van der Waals surface area contributed by atoms with Gasteiger partial charge in [0.25, 0.3) is 11.6 Å². The zero-order valence-corrected chi connectivity index (χ0v) is 19.8. The average Bonchev–Trinajstić information content (AvgIpc) is 3.22. The Morgan fingerprint density at radius 2 is 2.03 bits per heavy atom. The molecular weight excluding hydrogens is 475 g/mol. The molecule has 12 heteroatoms. The minimum absolute atomic E-state index is 0.0348. The molecule has 1 aromatic heterocycles. The summed E-state index contributed by atoms with van der Waals surface area (Å²) in [6.45, 7) is 7.34. The SMILES string of the molecule is C=CCn1c(SCC(=O)Nc2ccc(C)c([N+](=O)[O-])c2)nnc1C(C)NC(=O)c1ccccc1F. The number of anilines is 1. The number of benzene rings is 2. The minimum atomic E-state index is -0.633. The van der Waals surface area contributed by atoms with E-state index in [2.05, 4.69) is 27.4 Å². The van der Waals surface area contributed by atoms with Crippen LogP contribution in [0.5, 0.6) is 0 Å². The molecule has 0 saturated heterocycles. The number of carbonyl (C=O) groups is 2. The second kappa shape index (κ2) is 11.4. The van der Waals surface area contributed by atoms with Crippen LogP contribution in [-0.2, 0) is 11.3 Å². The van der Waals surface area contributed by atoms with Crippen LogP contribution in [0.4, 0.5) is 15.8 Å². The molecule has 0 aliphatic carbocycles. The molecule has 2 N–H and O–H groups in total. The van der Waals surface area contributed by atoms with Crippen LogP contribution >= 0.6 is 11.8 Å². The van der Waals surface area contributed by atoms with Gasteiger partial charge in [-0.15, -0.1) is 16.8 Å². The smallest absolute Gasteiger partial charge is 0.274 e. The molecule has 0 aliphatic rings. The number of allylic oxidation sites excluding steroid dienone is 1. The van der Waals surface area contributed by atoms with E-state index in [0.29, 0.717) is 28.8 Å². The summed E-state index contributed by atoms with van der Waals surface area (Å²) >= 11 is 1.11. The van der Waals surface area contributed by atoms with E-state index in [9.17, 15) is 24.1 Å². The maximum Gasteiger partial charge on any atom is 0.274 e. The van der Waals surface area contributed by atoms with Gasteiger partial charge in [0.15, 0.2) is 11.0 Å². The Labute approximate surface area is 204 Å². The molecule has 0 bridgehead atoms. The van der Waals surface area contributed by atoms with E-state index >= 15 is 0 Å². The highest BCUT2D eigenvalue weighted by atomic mass is 32.2. The summed E-state index contributed by atoms with van der Waals surface area (Å²) in [7, 11) is 0. The summed E-state index contributed by atoms with van der Waals surface area (Å²) in [5, 5.41) is 25.1. The number of nitro groups is 1. The van der Waals surface area contributed by atoms with Crippen LogP contribution in [0.1, 0.15) is 34.7 Å². The molecule has 10 nitrogen and oxygen atoms in total. The summed E-state index contributed by atoms with van der Waals surface area (Å²) in [4.78, 5) is 35.5. The molecule has 2 aromatic carbocycles. The maximum absolute atomic E-state index is 13.9. The van der Waals surface area contributed by atoms with Crippen LogP contribution in [0.15, 0.2) is 60.3 Å². The highest BCUT2D eigenvalue weighted by Gasteiger charge is 2.22. The van der Waals surface area contributed by atoms with Crippen LogP contribution < -0.4 is 10.6 Å². The van der Waals surface area contributed by atoms with Crippen LogP contribution in [0, 0.1) is 22.9 Å². The van der Waals surface area contributed by atoms with Crippen molar-refractivity contribution in [3.63, 3.8) is 0 Å². The number of nitrogens with one attached hydrogen (secondary N) is 2. The predicted octanol–water partition coefficient (Wildman–Crippen LogP) is 4.04. The van der Waals surface area contributed by atoms with Crippen molar-refractivity contribution in [3.05, 3.63) is 88.0 Å². The number of halogens is 1. The summed E-state index contributed by atoms with van der Waals surface area (Å²) in [6.07, 6.45) is 1.62. The standard InChI is InChI=1S/C23H23FN6O4S/c1-4-11-29-21(15(3)25-22(32)17-7-5-6-8-18(17)24)27-28-23(29)35-13-20(31)26-16-10-9-14(2)19(12-16)30(33)34/h4-10,12,15H,1,11,13H2,2-3H3,(H,25,32)(H,26,31). The number of rotatable bonds is 10. The molecule has 0 fully saturated rings. The van der Waals surface area contributed by atoms with Gasteiger partial charge in [0.1, 0.15) is 5.82 Å². The predicted molar refractivity (Wildman–Crippen MR) is 130 cm³/mol. The van der Waals surface area contributed by atoms with E-state index in [1.807, 2.05) is 0 Å². The number of hydrogen-bond donors (Lipinski definition) is 2. The fourth-order valence-corrected chi connectivity index (χ4v) is 3.98. The van der Waals surface area contributed by atoms with Gasteiger partial charge in [-0.1, -0.05) is 36.0 Å². The van der Waals surface area contributed by atoms with Crippen molar-refractivity contribution in [1.29, 1.82) is 0 Å². The lowest BCUT2D eigenvalue weighted by Gasteiger charge is -2.15. The van der Waals surface area contributed by atoms with Gasteiger partial charge in [0.2, 0.25) is 5.91 Å². The fourth-order valence-electron chi connectivity index (χ4n) is 3.22. The lowest BCUT2D eigenvalue weighted by atomic mass is 10.2. The van der Waals surface area contributed by atoms with E-state index in [-0.39, 0.29) is 22.9 Å². The highest BCUT2D eigenvalue weighted by Crippen LogP contribution is 2.24. The first-order valence-electron chi connectivity index (χ1n) is 10.5. The molecule has 0 aliphatic heterocycles. The molecule has 0 saturated carbocycles. The van der Waals surface area contributed by atoms with E-state index in [4.69, 9.17) is 0 Å². The number of carbonyl (C=O) groups excluding carboxylic acids is 2. The second-order valence-corrected chi connectivity index (χ2v) is 8.45. The first-order chi connectivity index (χ1) is 16.7. The Morgan fingerprint density at radius 3 is 2.71 bits per heavy atom. The van der Waals surface area contributed by atoms with E-state index < -0.39 is 22.7 Å². The third kappa shape index (κ3) is 6.29. The summed E-state index contributed by atoms with van der Waals surface area (Å²) in [5.74, 6) is -1.24. The van der Waals surface area contributed by atoms with Crippen molar-refractivity contribution in [1.82, 2.24) is 20.1 Å². The van der Waals surface area contributed by atoms with Gasteiger partial charge in [0.05, 0.1) is 22.3 Å². The Balaban J connectivity index is 1.68. The Bertz CT molecular complexity index is 1280. The van der Waals surface area contributed by atoms with Gasteiger partial charge in [-0.25, -0.2) is 4.39 Å². The molecule has 1 atom stereocenters. The largest absolute Gasteiger partial charge is 0.342 e. The monoisotopic (exact) mass is 498 g/mol. The summed E-state index contributed by atoms with van der Waals surface area (Å²) in [6, 6.07) is 9.49. The number of nitrogens with zero attached hydrogens (tertiary/aromatic N) is 4. The number of thioether (sulfide) groups is 1. The quantitative estimate of drug-likeness (QED) is 0.187. The highest BCUT2D eigenvalue weighted by molar-refractivity contribution is 7.99. The summed E-state index contributed by atoms with van der Waals surface area (Å²) in [5.41, 5.74) is 0.628. The van der Waals surface area contributed by atoms with Gasteiger partial charge in [0, 0.05) is 23.9 Å². The van der Waals surface area contributed by atoms with Crippen LogP contribution in [0.25, 0.3) is 0 Å². The number of aromatic nitrogens is 3. The average molecular weight is 499 g/mol. The second-order valence-electron chi connectivity index (χ2n) is 7.51. The van der Waals surface area contributed by atoms with Crippen molar-refractivity contribution in [2.45, 2.75) is 31.6 Å². The fraction of sp³-hybridized carbons (Fsp3) is 0.217. The zero-order valence-electron chi connectivity index (χ0n) is 19.0. The lowest BCUT2D eigenvalue weighted by Crippen LogP contribution is -2.29. The van der Waals surface area contributed by atoms with Crippen molar-refractivity contribution in [2.24, 2.45) is 0 Å². The molecule has 35 heavy (non-hydrogen) atoms. The van der Waals surface area contributed by atoms with Crippen molar-refractivity contribution >= 4 is 35.0 Å².